The van der Waals surface area contributed by atoms with Crippen LogP contribution in [0.25, 0.3) is 0 Å². The molecule has 1 amide bonds. The third kappa shape index (κ3) is 4.08. The summed E-state index contributed by atoms with van der Waals surface area (Å²) in [5.41, 5.74) is 0.943. The molecule has 86 valence electrons. The van der Waals surface area contributed by atoms with Crippen molar-refractivity contribution in [2.24, 2.45) is 0 Å². The van der Waals surface area contributed by atoms with Gasteiger partial charge in [-0.1, -0.05) is 0 Å². The summed E-state index contributed by atoms with van der Waals surface area (Å²) < 4.78 is 0. The molecule has 2 N–H and O–H groups in total. The van der Waals surface area contributed by atoms with Gasteiger partial charge in [0.1, 0.15) is 0 Å². The fourth-order valence-electron chi connectivity index (χ4n) is 1.27. The number of rotatable bonds is 5. The molecule has 0 saturated carbocycles. The van der Waals surface area contributed by atoms with Crippen LogP contribution in [0.4, 0.5) is 0 Å². The highest BCUT2D eigenvalue weighted by Crippen LogP contribution is 2.10. The SMILES string of the molecule is C[C@H](NC(=O)CCC(=O)O)c1ccncc1. The van der Waals surface area contributed by atoms with Crippen LogP contribution < -0.4 is 5.32 Å². The van der Waals surface area contributed by atoms with Gasteiger partial charge >= 0.3 is 5.97 Å². The molecule has 0 saturated heterocycles. The van der Waals surface area contributed by atoms with Crippen molar-refractivity contribution < 1.29 is 14.7 Å². The van der Waals surface area contributed by atoms with Gasteiger partial charge in [-0.2, -0.15) is 0 Å². The number of amides is 1. The van der Waals surface area contributed by atoms with Gasteiger partial charge in [0.25, 0.3) is 0 Å². The van der Waals surface area contributed by atoms with Crippen molar-refractivity contribution in [3.63, 3.8) is 0 Å². The van der Waals surface area contributed by atoms with E-state index in [1.54, 1.807) is 12.4 Å². The molecule has 0 spiro atoms. The summed E-state index contributed by atoms with van der Waals surface area (Å²) in [6, 6.07) is 3.48. The zero-order chi connectivity index (χ0) is 12.0. The molecule has 5 heteroatoms. The Morgan fingerprint density at radius 1 is 1.38 bits per heavy atom. The summed E-state index contributed by atoms with van der Waals surface area (Å²) in [6.45, 7) is 1.84. The van der Waals surface area contributed by atoms with E-state index in [2.05, 4.69) is 10.3 Å². The minimum Gasteiger partial charge on any atom is -0.481 e. The number of carbonyl (C=O) groups excluding carboxylic acids is 1. The van der Waals surface area contributed by atoms with Crippen LogP contribution in [-0.4, -0.2) is 22.0 Å². The van der Waals surface area contributed by atoms with Crippen LogP contribution in [0.1, 0.15) is 31.4 Å². The van der Waals surface area contributed by atoms with E-state index >= 15 is 0 Å². The van der Waals surface area contributed by atoms with Gasteiger partial charge in [0, 0.05) is 18.8 Å². The Bertz CT molecular complexity index is 365. The van der Waals surface area contributed by atoms with E-state index in [1.807, 2.05) is 19.1 Å². The van der Waals surface area contributed by atoms with Gasteiger partial charge in [0.05, 0.1) is 12.5 Å². The van der Waals surface area contributed by atoms with E-state index in [0.29, 0.717) is 0 Å². The molecular weight excluding hydrogens is 208 g/mol. The number of nitrogens with one attached hydrogen (secondary N) is 1. The first kappa shape index (κ1) is 12.2. The quantitative estimate of drug-likeness (QED) is 0.782. The Balaban J connectivity index is 2.43. The molecule has 0 fully saturated rings. The van der Waals surface area contributed by atoms with Crippen LogP contribution in [0, 0.1) is 0 Å². The zero-order valence-corrected chi connectivity index (χ0v) is 9.01. The van der Waals surface area contributed by atoms with E-state index in [-0.39, 0.29) is 24.8 Å². The van der Waals surface area contributed by atoms with Gasteiger partial charge in [-0.05, 0) is 24.6 Å². The zero-order valence-electron chi connectivity index (χ0n) is 9.01. The molecule has 0 aliphatic carbocycles. The van der Waals surface area contributed by atoms with Gasteiger partial charge in [-0.25, -0.2) is 0 Å². The average molecular weight is 222 g/mol. The minimum absolute atomic E-state index is 0.00472. The molecular formula is C11H14N2O3. The van der Waals surface area contributed by atoms with Crippen molar-refractivity contribution >= 4 is 11.9 Å². The first-order valence-electron chi connectivity index (χ1n) is 5.00. The number of aromatic nitrogens is 1. The molecule has 5 nitrogen and oxygen atoms in total. The molecule has 0 unspecified atom stereocenters. The molecule has 1 rings (SSSR count). The van der Waals surface area contributed by atoms with Gasteiger partial charge in [-0.3, -0.25) is 14.6 Å². The van der Waals surface area contributed by atoms with Crippen molar-refractivity contribution in [3.05, 3.63) is 30.1 Å². The second-order valence-corrected chi connectivity index (χ2v) is 3.46. The molecule has 0 aromatic carbocycles. The Kier molecular flexibility index (Phi) is 4.44. The molecule has 0 aliphatic heterocycles. The molecule has 1 atom stereocenters. The topological polar surface area (TPSA) is 79.3 Å². The third-order valence-corrected chi connectivity index (χ3v) is 2.15. The van der Waals surface area contributed by atoms with Crippen LogP contribution in [0.15, 0.2) is 24.5 Å². The highest BCUT2D eigenvalue weighted by Gasteiger charge is 2.10. The van der Waals surface area contributed by atoms with Gasteiger partial charge in [0.2, 0.25) is 5.91 Å². The Morgan fingerprint density at radius 2 is 2.00 bits per heavy atom. The van der Waals surface area contributed by atoms with Crippen LogP contribution in [0.3, 0.4) is 0 Å². The molecule has 0 radical (unpaired) electrons. The predicted molar refractivity (Wildman–Crippen MR) is 57.7 cm³/mol. The summed E-state index contributed by atoms with van der Waals surface area (Å²) >= 11 is 0. The molecule has 1 aromatic heterocycles. The largest absolute Gasteiger partial charge is 0.481 e. The van der Waals surface area contributed by atoms with Crippen LogP contribution >= 0.6 is 0 Å². The third-order valence-electron chi connectivity index (χ3n) is 2.15. The van der Waals surface area contributed by atoms with E-state index in [9.17, 15) is 9.59 Å². The van der Waals surface area contributed by atoms with Gasteiger partial charge < -0.3 is 10.4 Å². The fraction of sp³-hybridized carbons (Fsp3) is 0.364. The number of aliphatic carboxylic acids is 1. The molecule has 16 heavy (non-hydrogen) atoms. The average Bonchev–Trinajstić information content (AvgIpc) is 2.27. The van der Waals surface area contributed by atoms with E-state index in [0.717, 1.165) is 5.56 Å². The molecule has 0 aliphatic rings. The monoisotopic (exact) mass is 222 g/mol. The minimum atomic E-state index is -0.966. The molecule has 1 aromatic rings. The number of carbonyl (C=O) groups is 2. The maximum absolute atomic E-state index is 11.3. The predicted octanol–water partition coefficient (Wildman–Crippen LogP) is 1.12. The van der Waals surface area contributed by atoms with E-state index in [4.69, 9.17) is 5.11 Å². The van der Waals surface area contributed by atoms with Crippen molar-refractivity contribution in [1.82, 2.24) is 10.3 Å². The number of carboxylic acid groups (broad SMARTS) is 1. The summed E-state index contributed by atoms with van der Waals surface area (Å²) in [5, 5.41) is 11.1. The van der Waals surface area contributed by atoms with E-state index in [1.165, 1.54) is 0 Å². The second-order valence-electron chi connectivity index (χ2n) is 3.46. The van der Waals surface area contributed by atoms with E-state index < -0.39 is 5.97 Å². The van der Waals surface area contributed by atoms with Crippen molar-refractivity contribution in [3.8, 4) is 0 Å². The lowest BCUT2D eigenvalue weighted by molar-refractivity contribution is -0.138. The highest BCUT2D eigenvalue weighted by molar-refractivity contribution is 5.80. The lowest BCUT2D eigenvalue weighted by Gasteiger charge is -2.13. The smallest absolute Gasteiger partial charge is 0.303 e. The Hall–Kier alpha value is -1.91. The molecule has 1 heterocycles. The maximum Gasteiger partial charge on any atom is 0.303 e. The fourth-order valence-corrected chi connectivity index (χ4v) is 1.27. The maximum atomic E-state index is 11.3. The summed E-state index contributed by atoms with van der Waals surface area (Å²) in [5.74, 6) is -1.22. The van der Waals surface area contributed by atoms with Crippen LogP contribution in [0.5, 0.6) is 0 Å². The molecule has 0 bridgehead atoms. The van der Waals surface area contributed by atoms with Crippen LogP contribution in [0.2, 0.25) is 0 Å². The highest BCUT2D eigenvalue weighted by atomic mass is 16.4. The summed E-state index contributed by atoms with van der Waals surface area (Å²) in [4.78, 5) is 25.5. The number of carboxylic acids is 1. The number of pyridine rings is 1. The summed E-state index contributed by atoms with van der Waals surface area (Å²) in [6.07, 6.45) is 3.16. The Labute approximate surface area is 93.5 Å². The van der Waals surface area contributed by atoms with Crippen molar-refractivity contribution in [2.45, 2.75) is 25.8 Å². The van der Waals surface area contributed by atoms with Crippen molar-refractivity contribution in [2.75, 3.05) is 0 Å². The van der Waals surface area contributed by atoms with Crippen molar-refractivity contribution in [1.29, 1.82) is 0 Å². The lowest BCUT2D eigenvalue weighted by Crippen LogP contribution is -2.26. The number of nitrogens with zero attached hydrogens (tertiary/aromatic N) is 1. The second kappa shape index (κ2) is 5.85. The number of hydrogen-bond donors (Lipinski definition) is 2. The standard InChI is InChI=1S/C11H14N2O3/c1-8(9-4-6-12-7-5-9)13-10(14)2-3-11(15)16/h4-8H,2-3H2,1H3,(H,13,14)(H,15,16)/t8-/m0/s1. The van der Waals surface area contributed by atoms with Gasteiger partial charge in [0.15, 0.2) is 0 Å². The lowest BCUT2D eigenvalue weighted by atomic mass is 10.1. The Morgan fingerprint density at radius 3 is 2.56 bits per heavy atom. The first-order valence-corrected chi connectivity index (χ1v) is 5.00. The first-order chi connectivity index (χ1) is 7.59. The summed E-state index contributed by atoms with van der Waals surface area (Å²) in [7, 11) is 0. The van der Waals surface area contributed by atoms with Crippen LogP contribution in [-0.2, 0) is 9.59 Å². The van der Waals surface area contributed by atoms with Gasteiger partial charge in [-0.15, -0.1) is 0 Å². The normalized spacial score (nSPS) is 11.8. The number of hydrogen-bond acceptors (Lipinski definition) is 3.